The van der Waals surface area contributed by atoms with E-state index < -0.39 is 45.7 Å². The van der Waals surface area contributed by atoms with Crippen molar-refractivity contribution in [1.82, 2.24) is 10.3 Å². The lowest BCUT2D eigenvalue weighted by molar-refractivity contribution is -0.161. The van der Waals surface area contributed by atoms with Crippen molar-refractivity contribution in [3.8, 4) is 0 Å². The number of hydrazone groups is 1. The highest BCUT2D eigenvalue weighted by Gasteiger charge is 2.51. The Balaban J connectivity index is 2.23. The molecule has 2 rings (SSSR count). The zero-order valence-electron chi connectivity index (χ0n) is 14.4. The summed E-state index contributed by atoms with van der Waals surface area (Å²) in [4.78, 5) is 36.5. The smallest absolute Gasteiger partial charge is 0.328 e. The predicted molar refractivity (Wildman–Crippen MR) is 97.1 cm³/mol. The lowest BCUT2D eigenvalue weighted by atomic mass is 9.92. The quantitative estimate of drug-likeness (QED) is 0.292. The number of hydrogen-bond donors (Lipinski definition) is 2. The van der Waals surface area contributed by atoms with Gasteiger partial charge in [0.1, 0.15) is 0 Å². The lowest BCUT2D eigenvalue weighted by Crippen LogP contribution is -2.67. The summed E-state index contributed by atoms with van der Waals surface area (Å²) in [6.07, 6.45) is 0.941. The maximum atomic E-state index is 12.0. The van der Waals surface area contributed by atoms with Gasteiger partial charge in [0.05, 0.1) is 4.75 Å². The van der Waals surface area contributed by atoms with Crippen molar-refractivity contribution >= 4 is 46.7 Å². The van der Waals surface area contributed by atoms with E-state index in [1.165, 1.54) is 24.3 Å². The maximum Gasteiger partial charge on any atom is 0.328 e. The van der Waals surface area contributed by atoms with E-state index in [0.29, 0.717) is 5.02 Å². The molecule has 0 saturated carbocycles. The second kappa shape index (κ2) is 8.15. The van der Waals surface area contributed by atoms with Gasteiger partial charge < -0.3 is 14.6 Å². The summed E-state index contributed by atoms with van der Waals surface area (Å²) in [5.41, 5.74) is 2.36. The Morgan fingerprint density at radius 2 is 2.07 bits per heavy atom. The van der Waals surface area contributed by atoms with Gasteiger partial charge in [-0.2, -0.15) is 5.10 Å². The maximum absolute atomic E-state index is 12.0. The Labute approximate surface area is 162 Å². The molecule has 1 aromatic carbocycles. The topological polar surface area (TPSA) is 139 Å². The summed E-state index contributed by atoms with van der Waals surface area (Å²) in [6, 6.07) is 3.78. The molecule has 2 N–H and O–H groups in total. The molecular formula is C16H17ClN3O6S-. The number of carbonyl (C=O) groups is 3. The van der Waals surface area contributed by atoms with Crippen LogP contribution in [0.25, 0.3) is 0 Å². The van der Waals surface area contributed by atoms with Crippen LogP contribution in [-0.4, -0.2) is 59.6 Å². The van der Waals surface area contributed by atoms with Crippen LogP contribution in [0.2, 0.25) is 5.02 Å². The van der Waals surface area contributed by atoms with Gasteiger partial charge in [-0.3, -0.25) is 13.8 Å². The number of nitrogens with one attached hydrogen (secondary N) is 1. The van der Waals surface area contributed by atoms with Gasteiger partial charge in [-0.05, 0) is 49.2 Å². The highest BCUT2D eigenvalue weighted by molar-refractivity contribution is 7.81. The number of benzene rings is 1. The molecule has 1 aliphatic heterocycles. The number of carboxylic acids is 1. The van der Waals surface area contributed by atoms with Gasteiger partial charge in [0, 0.05) is 29.3 Å². The highest BCUT2D eigenvalue weighted by Crippen LogP contribution is 2.30. The Hall–Kier alpha value is -2.30. The molecule has 1 fully saturated rings. The van der Waals surface area contributed by atoms with E-state index in [1.807, 2.05) is 0 Å². The second-order valence-electron chi connectivity index (χ2n) is 6.22. The first-order chi connectivity index (χ1) is 12.6. The van der Waals surface area contributed by atoms with Crippen LogP contribution in [0, 0.1) is 0 Å². The number of halogens is 1. The van der Waals surface area contributed by atoms with E-state index in [4.69, 9.17) is 11.6 Å². The summed E-state index contributed by atoms with van der Waals surface area (Å²) in [6.45, 7) is 2.73. The molecule has 2 amide bonds. The number of rotatable bonds is 7. The summed E-state index contributed by atoms with van der Waals surface area (Å²) in [7, 11) is 0. The Kier molecular flexibility index (Phi) is 6.34. The van der Waals surface area contributed by atoms with Crippen molar-refractivity contribution in [3.63, 3.8) is 0 Å². The number of nitrogens with zero attached hydrogens (tertiary/aromatic N) is 2. The zero-order chi connectivity index (χ0) is 20.4. The largest absolute Gasteiger partial charge is 0.772 e. The van der Waals surface area contributed by atoms with E-state index in [-0.39, 0.29) is 12.0 Å². The molecule has 146 valence electrons. The van der Waals surface area contributed by atoms with Gasteiger partial charge >= 0.3 is 5.97 Å². The van der Waals surface area contributed by atoms with Gasteiger partial charge in [-0.15, -0.1) is 0 Å². The number of carbonyl (C=O) groups excluding carboxylic acids is 2. The first-order valence-corrected chi connectivity index (χ1v) is 9.26. The summed E-state index contributed by atoms with van der Waals surface area (Å²) in [5, 5.41) is 13.6. The Bertz CT molecular complexity index is 815. The van der Waals surface area contributed by atoms with Gasteiger partial charge in [-0.25, -0.2) is 10.2 Å². The third-order valence-corrected chi connectivity index (χ3v) is 5.54. The molecular weight excluding hydrogens is 398 g/mol. The number of carboxylic acid groups (broad SMARTS) is 1. The van der Waals surface area contributed by atoms with E-state index in [1.54, 1.807) is 6.92 Å². The van der Waals surface area contributed by atoms with Crippen LogP contribution in [0.3, 0.4) is 0 Å². The molecule has 1 aromatic rings. The monoisotopic (exact) mass is 414 g/mol. The third kappa shape index (κ3) is 4.34. The molecule has 1 heterocycles. The van der Waals surface area contributed by atoms with Gasteiger partial charge in [0.15, 0.2) is 6.04 Å². The molecule has 0 bridgehead atoms. The summed E-state index contributed by atoms with van der Waals surface area (Å²) >= 11 is 2.79. The molecule has 1 saturated heterocycles. The Morgan fingerprint density at radius 1 is 1.48 bits per heavy atom. The number of β-lactam (4-membered cyclic amide) rings is 1. The number of hydrogen-bond acceptors (Lipinski definition) is 6. The number of aliphatic carboxylic acids is 1. The van der Waals surface area contributed by atoms with Crippen LogP contribution in [0.1, 0.15) is 30.6 Å². The van der Waals surface area contributed by atoms with Gasteiger partial charge in [0.25, 0.3) is 5.91 Å². The molecule has 0 aromatic heterocycles. The summed E-state index contributed by atoms with van der Waals surface area (Å²) < 4.78 is 21.5. The van der Waals surface area contributed by atoms with Crippen LogP contribution in [0.15, 0.2) is 29.4 Å². The summed E-state index contributed by atoms with van der Waals surface area (Å²) in [5.74, 6) is -2.59. The van der Waals surface area contributed by atoms with Crippen molar-refractivity contribution in [3.05, 3.63) is 34.9 Å². The average molecular weight is 415 g/mol. The average Bonchev–Trinajstić information content (AvgIpc) is 2.59. The van der Waals surface area contributed by atoms with Crippen molar-refractivity contribution in [2.75, 3.05) is 0 Å². The molecule has 11 heteroatoms. The first-order valence-electron chi connectivity index (χ1n) is 7.81. The van der Waals surface area contributed by atoms with Crippen LogP contribution in [0.4, 0.5) is 0 Å². The highest BCUT2D eigenvalue weighted by atomic mass is 35.5. The fourth-order valence-corrected chi connectivity index (χ4v) is 3.38. The molecule has 1 unspecified atom stereocenters. The van der Waals surface area contributed by atoms with Crippen LogP contribution in [-0.2, 0) is 20.7 Å². The van der Waals surface area contributed by atoms with Crippen LogP contribution < -0.4 is 5.43 Å². The Morgan fingerprint density at radius 3 is 2.52 bits per heavy atom. The van der Waals surface area contributed by atoms with Crippen molar-refractivity contribution in [2.45, 2.75) is 37.1 Å². The minimum Gasteiger partial charge on any atom is -0.772 e. The fraction of sp³-hybridized carbons (Fsp3) is 0.375. The first kappa shape index (κ1) is 21.0. The van der Waals surface area contributed by atoms with Crippen molar-refractivity contribution < 1.29 is 28.3 Å². The van der Waals surface area contributed by atoms with Gasteiger partial charge in [0.2, 0.25) is 5.91 Å². The second-order valence-corrected chi connectivity index (χ2v) is 8.01. The van der Waals surface area contributed by atoms with Crippen LogP contribution in [0.5, 0.6) is 0 Å². The SMILES string of the molecule is C[C@@H]1CC(=O)N1[C@@H](C(=O)O)[C@](C)(/C=N/NC(=O)c1ccc(Cl)cc1)S(=O)[O-]. The van der Waals surface area contributed by atoms with E-state index in [9.17, 15) is 28.3 Å². The van der Waals surface area contributed by atoms with E-state index in [2.05, 4.69) is 10.5 Å². The molecule has 4 atom stereocenters. The van der Waals surface area contributed by atoms with E-state index >= 15 is 0 Å². The standard InChI is InChI=1S/C16H18ClN3O6S/c1-9-7-12(21)20(9)13(15(23)24)16(2,27(25)26)8-18-19-14(22)10-3-5-11(17)6-4-10/h3-6,8-9,13H,7H2,1-2H3,(H,19,22)(H,23,24)(H,25,26)/p-1/b18-8+/t9-,13+,16+/m1/s1. The minimum absolute atomic E-state index is 0.135. The van der Waals surface area contributed by atoms with Crippen molar-refractivity contribution in [1.29, 1.82) is 0 Å². The number of amides is 2. The fourth-order valence-electron chi connectivity index (χ4n) is 2.72. The minimum atomic E-state index is -2.94. The third-order valence-electron chi connectivity index (χ3n) is 4.24. The molecule has 9 nitrogen and oxygen atoms in total. The molecule has 27 heavy (non-hydrogen) atoms. The number of likely N-dealkylation sites (tertiary alicyclic amines) is 1. The zero-order valence-corrected chi connectivity index (χ0v) is 16.0. The predicted octanol–water partition coefficient (Wildman–Crippen LogP) is 0.767. The van der Waals surface area contributed by atoms with E-state index in [0.717, 1.165) is 18.0 Å². The normalized spacial score (nSPS) is 21.3. The molecule has 1 aliphatic rings. The van der Waals surface area contributed by atoms with Crippen LogP contribution >= 0.6 is 11.6 Å². The van der Waals surface area contributed by atoms with Gasteiger partial charge in [-0.1, -0.05) is 11.6 Å². The van der Waals surface area contributed by atoms with Crippen molar-refractivity contribution in [2.24, 2.45) is 5.10 Å². The molecule has 0 spiro atoms. The molecule has 0 radical (unpaired) electrons. The molecule has 0 aliphatic carbocycles. The lowest BCUT2D eigenvalue weighted by Gasteiger charge is -2.48.